The number of rotatable bonds is 8. The predicted octanol–water partition coefficient (Wildman–Crippen LogP) is 3.40. The Kier molecular flexibility index (Phi) is 7.71. The topological polar surface area (TPSA) is 152 Å². The number of carbonyl (C=O) groups is 2. The molecule has 0 saturated heterocycles. The molecule has 1 aliphatic heterocycles. The van der Waals surface area contributed by atoms with Gasteiger partial charge in [-0.2, -0.15) is 9.57 Å². The first-order valence-corrected chi connectivity index (χ1v) is 13.2. The molecule has 0 aliphatic carbocycles. The van der Waals surface area contributed by atoms with Gasteiger partial charge in [-0.05, 0) is 42.5 Å². The highest BCUT2D eigenvalue weighted by molar-refractivity contribution is 7.89. The van der Waals surface area contributed by atoms with Crippen molar-refractivity contribution in [1.82, 2.24) is 4.31 Å². The monoisotopic (exact) mass is 546 g/mol. The number of carbonyl (C=O) groups excluding carboxylic acids is 2. The molecule has 0 aromatic heterocycles. The van der Waals surface area contributed by atoms with Crippen LogP contribution in [0.2, 0.25) is 0 Å². The van der Waals surface area contributed by atoms with Crippen molar-refractivity contribution in [2.75, 3.05) is 19.5 Å². The molecule has 0 radical (unpaired) electrons. The summed E-state index contributed by atoms with van der Waals surface area (Å²) in [7, 11) is -1.62. The number of amides is 1. The molecule has 0 unspecified atom stereocenters. The second-order valence-corrected chi connectivity index (χ2v) is 10.5. The maximum absolute atomic E-state index is 14.3. The zero-order valence-corrected chi connectivity index (χ0v) is 22.2. The minimum atomic E-state index is -4.47. The van der Waals surface area contributed by atoms with Gasteiger partial charge in [0.05, 0.1) is 42.5 Å². The molecule has 3 aromatic carbocycles. The number of ether oxygens (including phenoxy) is 2. The Balaban J connectivity index is 1.96. The van der Waals surface area contributed by atoms with E-state index < -0.39 is 27.9 Å². The van der Waals surface area contributed by atoms with Crippen LogP contribution in [0.4, 0.5) is 5.69 Å². The van der Waals surface area contributed by atoms with Gasteiger partial charge in [0.2, 0.25) is 15.9 Å². The normalized spacial score (nSPS) is 17.4. The number of hydrogen-bond acceptors (Lipinski definition) is 8. The van der Waals surface area contributed by atoms with Gasteiger partial charge in [-0.25, -0.2) is 8.42 Å². The molecule has 3 N–H and O–H groups in total. The van der Waals surface area contributed by atoms with Crippen molar-refractivity contribution in [2.45, 2.75) is 23.9 Å². The SMILES string of the molecule is COc1ccc(OC)c([C@@H]2C(C#N)=C(N)[C@@H](C(=O)c3ccccc3)N2S(=O)(=O)c2ccc(NC(C)=O)cc2)c1. The summed E-state index contributed by atoms with van der Waals surface area (Å²) in [6, 6.07) is 17.6. The first-order valence-electron chi connectivity index (χ1n) is 11.8. The van der Waals surface area contributed by atoms with Crippen LogP contribution in [0.3, 0.4) is 0 Å². The highest BCUT2D eigenvalue weighted by Crippen LogP contribution is 2.47. The van der Waals surface area contributed by atoms with Gasteiger partial charge in [0.1, 0.15) is 17.5 Å². The van der Waals surface area contributed by atoms with Crippen LogP contribution in [0.15, 0.2) is 89.0 Å². The number of hydrogen-bond donors (Lipinski definition) is 2. The van der Waals surface area contributed by atoms with Gasteiger partial charge in [-0.3, -0.25) is 9.59 Å². The van der Waals surface area contributed by atoms with Crippen molar-refractivity contribution in [3.05, 3.63) is 95.2 Å². The van der Waals surface area contributed by atoms with Crippen molar-refractivity contribution < 1.29 is 27.5 Å². The molecule has 4 rings (SSSR count). The van der Waals surface area contributed by atoms with E-state index in [1.54, 1.807) is 48.5 Å². The van der Waals surface area contributed by atoms with Crippen LogP contribution in [0.5, 0.6) is 11.5 Å². The Morgan fingerprint density at radius 2 is 1.67 bits per heavy atom. The summed E-state index contributed by atoms with van der Waals surface area (Å²) < 4.78 is 40.4. The lowest BCUT2D eigenvalue weighted by molar-refractivity contribution is -0.114. The van der Waals surface area contributed by atoms with E-state index in [0.717, 1.165) is 4.31 Å². The molecule has 0 spiro atoms. The second-order valence-electron chi connectivity index (χ2n) is 8.66. The number of benzene rings is 3. The molecule has 1 amide bonds. The first-order chi connectivity index (χ1) is 18.6. The van der Waals surface area contributed by atoms with Gasteiger partial charge in [0.25, 0.3) is 0 Å². The van der Waals surface area contributed by atoms with E-state index in [1.807, 2.05) is 6.07 Å². The van der Waals surface area contributed by atoms with E-state index in [1.165, 1.54) is 45.4 Å². The number of nitrogens with two attached hydrogens (primary N) is 1. The van der Waals surface area contributed by atoms with Crippen LogP contribution in [0, 0.1) is 11.3 Å². The number of anilines is 1. The quantitative estimate of drug-likeness (QED) is 0.408. The molecule has 0 bridgehead atoms. The van der Waals surface area contributed by atoms with Gasteiger partial charge in [-0.15, -0.1) is 0 Å². The fourth-order valence-corrected chi connectivity index (χ4v) is 6.23. The zero-order chi connectivity index (χ0) is 28.3. The summed E-state index contributed by atoms with van der Waals surface area (Å²) in [6.45, 7) is 1.33. The summed E-state index contributed by atoms with van der Waals surface area (Å²) in [4.78, 5) is 25.1. The molecule has 1 aliphatic rings. The highest BCUT2D eigenvalue weighted by atomic mass is 32.2. The van der Waals surface area contributed by atoms with Crippen LogP contribution in [-0.2, 0) is 14.8 Å². The standard InChI is InChI=1S/C28H26N4O6S/c1-17(33)31-19-9-12-21(13-10-19)39(35,36)32-26(22-15-20(37-2)11-14-24(22)38-3)23(16-29)25(30)27(32)28(34)18-7-5-4-6-8-18/h4-15,26-27H,30H2,1-3H3,(H,31,33)/t26-,27+/m1/s1. The van der Waals surface area contributed by atoms with Gasteiger partial charge in [0.15, 0.2) is 5.78 Å². The number of nitrogens with zero attached hydrogens (tertiary/aromatic N) is 2. The third-order valence-electron chi connectivity index (χ3n) is 6.30. The lowest BCUT2D eigenvalue weighted by Gasteiger charge is -2.31. The van der Waals surface area contributed by atoms with Crippen LogP contribution < -0.4 is 20.5 Å². The summed E-state index contributed by atoms with van der Waals surface area (Å²) >= 11 is 0. The summed E-state index contributed by atoms with van der Waals surface area (Å²) in [5, 5.41) is 12.8. The van der Waals surface area contributed by atoms with Crippen LogP contribution in [0.25, 0.3) is 0 Å². The Hall–Kier alpha value is -4.66. The largest absolute Gasteiger partial charge is 0.497 e. The number of sulfonamides is 1. The molecule has 200 valence electrons. The Labute approximate surface area is 226 Å². The average Bonchev–Trinajstić information content (AvgIpc) is 3.25. The molecule has 0 fully saturated rings. The number of nitriles is 1. The summed E-state index contributed by atoms with van der Waals surface area (Å²) in [5.74, 6) is -0.255. The second kappa shape index (κ2) is 11.0. The number of ketones is 1. The Morgan fingerprint density at radius 3 is 2.23 bits per heavy atom. The molecule has 39 heavy (non-hydrogen) atoms. The summed E-state index contributed by atoms with van der Waals surface area (Å²) in [5.41, 5.74) is 7.02. The smallest absolute Gasteiger partial charge is 0.245 e. The van der Waals surface area contributed by atoms with Gasteiger partial charge < -0.3 is 20.5 Å². The maximum Gasteiger partial charge on any atom is 0.245 e. The molecule has 10 nitrogen and oxygen atoms in total. The average molecular weight is 547 g/mol. The fraction of sp³-hybridized carbons (Fsp3) is 0.179. The lowest BCUT2D eigenvalue weighted by atomic mass is 9.99. The molecule has 0 saturated carbocycles. The fourth-order valence-electron chi connectivity index (χ4n) is 4.52. The van der Waals surface area contributed by atoms with Crippen LogP contribution >= 0.6 is 0 Å². The van der Waals surface area contributed by atoms with Gasteiger partial charge in [0, 0.05) is 23.7 Å². The van der Waals surface area contributed by atoms with Crippen molar-refractivity contribution in [1.29, 1.82) is 5.26 Å². The summed E-state index contributed by atoms with van der Waals surface area (Å²) in [6.07, 6.45) is 0. The van der Waals surface area contributed by atoms with Crippen molar-refractivity contribution in [3.8, 4) is 17.6 Å². The van der Waals surface area contributed by atoms with E-state index in [2.05, 4.69) is 5.32 Å². The van der Waals surface area contributed by atoms with Crippen molar-refractivity contribution >= 4 is 27.4 Å². The van der Waals surface area contributed by atoms with Gasteiger partial charge in [-0.1, -0.05) is 30.3 Å². The minimum Gasteiger partial charge on any atom is -0.497 e. The highest BCUT2D eigenvalue weighted by Gasteiger charge is 2.51. The molecule has 1 heterocycles. The van der Waals surface area contributed by atoms with E-state index in [-0.39, 0.29) is 38.9 Å². The van der Waals surface area contributed by atoms with E-state index >= 15 is 0 Å². The molecule has 11 heteroatoms. The first kappa shape index (κ1) is 27.4. The van der Waals surface area contributed by atoms with E-state index in [9.17, 15) is 23.3 Å². The Bertz CT molecular complexity index is 1600. The number of nitrogens with one attached hydrogen (secondary N) is 1. The third kappa shape index (κ3) is 5.07. The van der Waals surface area contributed by atoms with Crippen LogP contribution in [0.1, 0.15) is 28.9 Å². The van der Waals surface area contributed by atoms with Crippen molar-refractivity contribution in [2.24, 2.45) is 5.73 Å². The number of Topliss-reactive ketones (excluding diaryl/α,β-unsaturated/α-hetero) is 1. The van der Waals surface area contributed by atoms with Gasteiger partial charge >= 0.3 is 0 Å². The number of methoxy groups -OCH3 is 2. The van der Waals surface area contributed by atoms with E-state index in [4.69, 9.17) is 15.2 Å². The Morgan fingerprint density at radius 1 is 1.00 bits per heavy atom. The minimum absolute atomic E-state index is 0.103. The molecule has 3 aromatic rings. The van der Waals surface area contributed by atoms with E-state index in [0.29, 0.717) is 11.4 Å². The zero-order valence-electron chi connectivity index (χ0n) is 21.4. The molecular weight excluding hydrogens is 520 g/mol. The maximum atomic E-state index is 14.3. The molecular formula is C28H26N4O6S. The van der Waals surface area contributed by atoms with Crippen LogP contribution in [-0.4, -0.2) is 44.7 Å². The molecule has 2 atom stereocenters. The van der Waals surface area contributed by atoms with Crippen molar-refractivity contribution in [3.63, 3.8) is 0 Å². The predicted molar refractivity (Wildman–Crippen MR) is 143 cm³/mol. The third-order valence-corrected chi connectivity index (χ3v) is 8.14. The lowest BCUT2D eigenvalue weighted by Crippen LogP contribution is -2.45.